The summed E-state index contributed by atoms with van der Waals surface area (Å²) in [6, 6.07) is 3.91. The molecule has 0 fully saturated rings. The minimum Gasteiger partial charge on any atom is -0.475 e. The average molecular weight is 250 g/mol. The highest BCUT2D eigenvalue weighted by atomic mass is 16.5. The van der Waals surface area contributed by atoms with Gasteiger partial charge in [-0.15, -0.1) is 0 Å². The van der Waals surface area contributed by atoms with Crippen LogP contribution in [-0.2, 0) is 0 Å². The van der Waals surface area contributed by atoms with Crippen molar-refractivity contribution in [3.05, 3.63) is 23.9 Å². The third-order valence-electron chi connectivity index (χ3n) is 3.07. The molecule has 3 nitrogen and oxygen atoms in total. The van der Waals surface area contributed by atoms with Crippen LogP contribution in [0.25, 0.3) is 0 Å². The second-order valence-electron chi connectivity index (χ2n) is 5.00. The van der Waals surface area contributed by atoms with E-state index in [2.05, 4.69) is 18.8 Å². The molecule has 2 atom stereocenters. The van der Waals surface area contributed by atoms with Crippen LogP contribution in [0.2, 0.25) is 0 Å². The van der Waals surface area contributed by atoms with E-state index in [0.29, 0.717) is 5.88 Å². The highest BCUT2D eigenvalue weighted by molar-refractivity contribution is 5.20. The number of hydrogen-bond acceptors (Lipinski definition) is 3. The van der Waals surface area contributed by atoms with Gasteiger partial charge in [0, 0.05) is 18.3 Å². The average Bonchev–Trinajstić information content (AvgIpc) is 2.35. The van der Waals surface area contributed by atoms with Crippen LogP contribution in [0.5, 0.6) is 5.88 Å². The van der Waals surface area contributed by atoms with Crippen LogP contribution in [0.15, 0.2) is 18.3 Å². The molecule has 0 aromatic carbocycles. The van der Waals surface area contributed by atoms with Crippen molar-refractivity contribution in [2.24, 2.45) is 5.73 Å². The lowest BCUT2D eigenvalue weighted by Gasteiger charge is -2.14. The fourth-order valence-corrected chi connectivity index (χ4v) is 1.85. The Morgan fingerprint density at radius 1 is 1.22 bits per heavy atom. The Labute approximate surface area is 111 Å². The van der Waals surface area contributed by atoms with E-state index >= 15 is 0 Å². The highest BCUT2D eigenvalue weighted by Gasteiger charge is 2.06. The topological polar surface area (TPSA) is 48.1 Å². The summed E-state index contributed by atoms with van der Waals surface area (Å²) in [4.78, 5) is 4.28. The molecule has 1 rings (SSSR count). The van der Waals surface area contributed by atoms with Crippen molar-refractivity contribution in [1.82, 2.24) is 4.98 Å². The first-order valence-electron chi connectivity index (χ1n) is 7.01. The van der Waals surface area contributed by atoms with Crippen LogP contribution in [0.1, 0.15) is 64.5 Å². The third-order valence-corrected chi connectivity index (χ3v) is 3.07. The van der Waals surface area contributed by atoms with Gasteiger partial charge in [0.15, 0.2) is 0 Å². The van der Waals surface area contributed by atoms with Gasteiger partial charge in [-0.2, -0.15) is 0 Å². The SMILES string of the molecule is CCCCCCC(C)Oc1ccc([C@@H](C)N)cn1. The minimum atomic E-state index is 0.0259. The Hall–Kier alpha value is -1.09. The van der Waals surface area contributed by atoms with E-state index in [1.807, 2.05) is 19.1 Å². The van der Waals surface area contributed by atoms with Crippen LogP contribution in [0.4, 0.5) is 0 Å². The second kappa shape index (κ2) is 8.09. The zero-order chi connectivity index (χ0) is 13.4. The molecule has 1 aromatic heterocycles. The monoisotopic (exact) mass is 250 g/mol. The first-order valence-corrected chi connectivity index (χ1v) is 7.01. The van der Waals surface area contributed by atoms with Gasteiger partial charge in [-0.1, -0.05) is 32.3 Å². The number of unbranched alkanes of at least 4 members (excludes halogenated alkanes) is 3. The number of pyridine rings is 1. The summed E-state index contributed by atoms with van der Waals surface area (Å²) in [6.07, 6.45) is 8.23. The predicted molar refractivity (Wildman–Crippen MR) is 75.7 cm³/mol. The first kappa shape index (κ1) is 15.0. The molecule has 0 bridgehead atoms. The van der Waals surface area contributed by atoms with Crippen LogP contribution in [0.3, 0.4) is 0 Å². The van der Waals surface area contributed by atoms with Crippen LogP contribution in [-0.4, -0.2) is 11.1 Å². The Balaban J connectivity index is 2.32. The second-order valence-corrected chi connectivity index (χ2v) is 5.00. The number of aromatic nitrogens is 1. The van der Waals surface area contributed by atoms with Crippen LogP contribution < -0.4 is 10.5 Å². The smallest absolute Gasteiger partial charge is 0.213 e. The lowest BCUT2D eigenvalue weighted by molar-refractivity contribution is 0.198. The molecule has 18 heavy (non-hydrogen) atoms. The summed E-state index contributed by atoms with van der Waals surface area (Å²) >= 11 is 0. The van der Waals surface area contributed by atoms with Crippen molar-refractivity contribution in [2.45, 2.75) is 65.0 Å². The van der Waals surface area contributed by atoms with Gasteiger partial charge in [-0.25, -0.2) is 4.98 Å². The molecule has 1 unspecified atom stereocenters. The highest BCUT2D eigenvalue weighted by Crippen LogP contribution is 2.15. The van der Waals surface area contributed by atoms with Gasteiger partial charge >= 0.3 is 0 Å². The number of ether oxygens (including phenoxy) is 1. The largest absolute Gasteiger partial charge is 0.475 e. The molecule has 0 aliphatic rings. The molecular weight excluding hydrogens is 224 g/mol. The molecule has 0 spiro atoms. The van der Waals surface area contributed by atoms with E-state index in [-0.39, 0.29) is 12.1 Å². The van der Waals surface area contributed by atoms with Crippen molar-refractivity contribution in [1.29, 1.82) is 0 Å². The van der Waals surface area contributed by atoms with E-state index in [9.17, 15) is 0 Å². The molecular formula is C15H26N2O. The quantitative estimate of drug-likeness (QED) is 0.713. The zero-order valence-corrected chi connectivity index (χ0v) is 11.9. The van der Waals surface area contributed by atoms with E-state index in [0.717, 1.165) is 12.0 Å². The van der Waals surface area contributed by atoms with Crippen molar-refractivity contribution in [2.75, 3.05) is 0 Å². The maximum Gasteiger partial charge on any atom is 0.213 e. The molecule has 1 aromatic rings. The maximum atomic E-state index is 5.78. The molecule has 0 saturated carbocycles. The lowest BCUT2D eigenvalue weighted by Crippen LogP contribution is -2.13. The first-order chi connectivity index (χ1) is 8.63. The van der Waals surface area contributed by atoms with Crippen molar-refractivity contribution >= 4 is 0 Å². The van der Waals surface area contributed by atoms with Crippen LogP contribution >= 0.6 is 0 Å². The molecule has 0 saturated heterocycles. The fourth-order valence-electron chi connectivity index (χ4n) is 1.85. The van der Waals surface area contributed by atoms with Gasteiger partial charge in [0.2, 0.25) is 5.88 Å². The zero-order valence-electron chi connectivity index (χ0n) is 11.9. The summed E-state index contributed by atoms with van der Waals surface area (Å²) in [5.74, 6) is 0.697. The number of nitrogens with zero attached hydrogens (tertiary/aromatic N) is 1. The van der Waals surface area contributed by atoms with Gasteiger partial charge in [0.1, 0.15) is 0 Å². The van der Waals surface area contributed by atoms with Gasteiger partial charge in [-0.05, 0) is 32.3 Å². The number of nitrogens with two attached hydrogens (primary N) is 1. The fraction of sp³-hybridized carbons (Fsp3) is 0.667. The van der Waals surface area contributed by atoms with E-state index in [1.165, 1.54) is 25.7 Å². The standard InChI is InChI=1S/C15H26N2O/c1-4-5-6-7-8-12(2)18-15-10-9-14(11-17-15)13(3)16/h9-13H,4-8,16H2,1-3H3/t12?,13-/m1/s1. The third kappa shape index (κ3) is 5.50. The van der Waals surface area contributed by atoms with Gasteiger partial charge in [0.25, 0.3) is 0 Å². The minimum absolute atomic E-state index is 0.0259. The van der Waals surface area contributed by atoms with E-state index in [4.69, 9.17) is 10.5 Å². The summed E-state index contributed by atoms with van der Waals surface area (Å²) in [5.41, 5.74) is 6.82. The number of hydrogen-bond donors (Lipinski definition) is 1. The van der Waals surface area contributed by atoms with E-state index in [1.54, 1.807) is 6.20 Å². The predicted octanol–water partition coefficient (Wildman–Crippen LogP) is 3.84. The molecule has 1 heterocycles. The van der Waals surface area contributed by atoms with Crippen molar-refractivity contribution in [3.63, 3.8) is 0 Å². The molecule has 3 heteroatoms. The normalized spacial score (nSPS) is 14.2. The van der Waals surface area contributed by atoms with Crippen molar-refractivity contribution < 1.29 is 4.74 Å². The summed E-state index contributed by atoms with van der Waals surface area (Å²) in [6.45, 7) is 6.28. The Morgan fingerprint density at radius 2 is 2.00 bits per heavy atom. The maximum absolute atomic E-state index is 5.78. The van der Waals surface area contributed by atoms with E-state index < -0.39 is 0 Å². The van der Waals surface area contributed by atoms with Gasteiger partial charge in [-0.3, -0.25) is 0 Å². The number of rotatable bonds is 8. The molecule has 102 valence electrons. The summed E-state index contributed by atoms with van der Waals surface area (Å²) in [7, 11) is 0. The van der Waals surface area contributed by atoms with Gasteiger partial charge in [0.05, 0.1) is 6.10 Å². The van der Waals surface area contributed by atoms with Crippen LogP contribution in [0, 0.1) is 0 Å². The summed E-state index contributed by atoms with van der Waals surface area (Å²) in [5, 5.41) is 0. The molecule has 0 radical (unpaired) electrons. The van der Waals surface area contributed by atoms with Gasteiger partial charge < -0.3 is 10.5 Å². The molecule has 0 aliphatic heterocycles. The Bertz CT molecular complexity index is 322. The van der Waals surface area contributed by atoms with Crippen molar-refractivity contribution in [3.8, 4) is 5.88 Å². The Morgan fingerprint density at radius 3 is 2.56 bits per heavy atom. The molecule has 0 amide bonds. The Kier molecular flexibility index (Phi) is 6.73. The summed E-state index contributed by atoms with van der Waals surface area (Å²) < 4.78 is 5.78. The molecule has 0 aliphatic carbocycles. The lowest BCUT2D eigenvalue weighted by atomic mass is 10.1. The molecule has 2 N–H and O–H groups in total.